The highest BCUT2D eigenvalue weighted by atomic mass is 16.6. The zero-order valence-electron chi connectivity index (χ0n) is 27.3. The second kappa shape index (κ2) is 14.5. The lowest BCUT2D eigenvalue weighted by molar-refractivity contribution is -0.0120. The van der Waals surface area contributed by atoms with Gasteiger partial charge in [0.05, 0.1) is 31.5 Å². The number of hydrogen-bond acceptors (Lipinski definition) is 9. The third kappa shape index (κ3) is 6.86. The number of nitrogens with zero attached hydrogens (tertiary/aromatic N) is 7. The first kappa shape index (κ1) is 31.7. The Morgan fingerprint density at radius 2 is 1.79 bits per heavy atom. The second-order valence-electron chi connectivity index (χ2n) is 12.6. The SMILES string of the molecule is [C-]#[N+]CC1CN(c2nc(OC[C@H]3COCCN3C)nc3c2CCN(c2cccc4ccccc24)C3)CCN1C(=O)OCc1ccccc1. The summed E-state index contributed by atoms with van der Waals surface area (Å²) < 4.78 is 17.7. The van der Waals surface area contributed by atoms with E-state index in [1.807, 2.05) is 30.3 Å². The van der Waals surface area contributed by atoms with Gasteiger partial charge >= 0.3 is 12.1 Å². The number of morpholine rings is 1. The van der Waals surface area contributed by atoms with Crippen molar-refractivity contribution >= 4 is 28.4 Å². The van der Waals surface area contributed by atoms with Gasteiger partial charge in [0.2, 0.25) is 6.54 Å². The molecule has 0 radical (unpaired) electrons. The summed E-state index contributed by atoms with van der Waals surface area (Å²) in [6.45, 7) is 13.5. The van der Waals surface area contributed by atoms with Gasteiger partial charge < -0.3 is 28.9 Å². The number of piperazine rings is 1. The van der Waals surface area contributed by atoms with Crippen molar-refractivity contribution in [2.75, 3.05) is 75.9 Å². The molecule has 1 amide bonds. The molecule has 2 fully saturated rings. The van der Waals surface area contributed by atoms with Gasteiger partial charge in [-0.05, 0) is 30.5 Å². The molecule has 48 heavy (non-hydrogen) atoms. The number of hydrogen-bond donors (Lipinski definition) is 0. The number of carbonyl (C=O) groups excluding carboxylic acids is 1. The van der Waals surface area contributed by atoms with E-state index in [9.17, 15) is 4.79 Å². The lowest BCUT2D eigenvalue weighted by Crippen LogP contribution is -2.57. The Kier molecular flexibility index (Phi) is 9.54. The van der Waals surface area contributed by atoms with Gasteiger partial charge in [-0.2, -0.15) is 9.97 Å². The predicted octanol–water partition coefficient (Wildman–Crippen LogP) is 4.65. The fourth-order valence-corrected chi connectivity index (χ4v) is 6.84. The van der Waals surface area contributed by atoms with E-state index in [0.717, 1.165) is 42.1 Å². The van der Waals surface area contributed by atoms with Crippen LogP contribution in [0, 0.1) is 6.57 Å². The molecule has 1 unspecified atom stereocenters. The molecule has 7 rings (SSSR count). The second-order valence-corrected chi connectivity index (χ2v) is 12.6. The van der Waals surface area contributed by atoms with Crippen molar-refractivity contribution in [1.82, 2.24) is 19.8 Å². The minimum absolute atomic E-state index is 0.113. The highest BCUT2D eigenvalue weighted by molar-refractivity contribution is 5.94. The van der Waals surface area contributed by atoms with Crippen molar-refractivity contribution in [1.29, 1.82) is 0 Å². The van der Waals surface area contributed by atoms with E-state index in [0.29, 0.717) is 52.0 Å². The number of fused-ring (bicyclic) bond motifs is 2. The number of likely N-dealkylation sites (N-methyl/N-ethyl adjacent to an activating group) is 1. The average molecular weight is 648 g/mol. The third-order valence-corrected chi connectivity index (χ3v) is 9.58. The standard InChI is InChI=1S/C37H41N7O4/c1-38-21-29-22-43(17-18-44(29)37(45)48-24-27-9-4-3-5-10-27)35-32-15-16-42(34-14-8-12-28-11-6-7-13-31(28)34)23-33(32)39-36(40-35)47-26-30-25-46-20-19-41(30)2/h3-14,29-30H,15-26H2,2H3/t29?,30-/m1/s1. The van der Waals surface area contributed by atoms with E-state index in [2.05, 4.69) is 69.1 Å². The maximum absolute atomic E-state index is 13.2. The largest absolute Gasteiger partial charge is 0.462 e. The van der Waals surface area contributed by atoms with Gasteiger partial charge in [-0.3, -0.25) is 9.80 Å². The number of rotatable bonds is 8. The topological polar surface area (TPSA) is 87.9 Å². The van der Waals surface area contributed by atoms with Crippen LogP contribution in [0.1, 0.15) is 16.8 Å². The fourth-order valence-electron chi connectivity index (χ4n) is 6.84. The summed E-state index contributed by atoms with van der Waals surface area (Å²) in [4.78, 5) is 35.5. The molecule has 4 heterocycles. The van der Waals surface area contributed by atoms with Gasteiger partial charge in [0.15, 0.2) is 0 Å². The van der Waals surface area contributed by atoms with Gasteiger partial charge in [0, 0.05) is 49.4 Å². The monoisotopic (exact) mass is 647 g/mol. The Bertz CT molecular complexity index is 1780. The van der Waals surface area contributed by atoms with Crippen LogP contribution >= 0.6 is 0 Å². The molecule has 3 aliphatic heterocycles. The highest BCUT2D eigenvalue weighted by Crippen LogP contribution is 2.35. The number of carbonyl (C=O) groups is 1. The predicted molar refractivity (Wildman–Crippen MR) is 184 cm³/mol. The Labute approximate surface area is 281 Å². The maximum Gasteiger partial charge on any atom is 0.410 e. The van der Waals surface area contributed by atoms with E-state index in [1.165, 1.54) is 16.5 Å². The Morgan fingerprint density at radius 3 is 2.65 bits per heavy atom. The molecule has 0 aliphatic carbocycles. The molecule has 0 saturated carbocycles. The summed E-state index contributed by atoms with van der Waals surface area (Å²) in [6.07, 6.45) is 0.366. The number of benzene rings is 3. The van der Waals surface area contributed by atoms with Crippen LogP contribution in [0.3, 0.4) is 0 Å². The van der Waals surface area contributed by atoms with Crippen LogP contribution in [0.5, 0.6) is 6.01 Å². The van der Waals surface area contributed by atoms with Crippen molar-refractivity contribution in [3.63, 3.8) is 0 Å². The van der Waals surface area contributed by atoms with E-state index in [-0.39, 0.29) is 25.2 Å². The van der Waals surface area contributed by atoms with Crippen LogP contribution in [0.15, 0.2) is 72.8 Å². The molecule has 0 N–H and O–H groups in total. The fraction of sp³-hybridized carbons (Fsp3) is 0.405. The van der Waals surface area contributed by atoms with Crippen molar-refractivity contribution < 1.29 is 19.0 Å². The lowest BCUT2D eigenvalue weighted by Gasteiger charge is -2.41. The Hall–Kier alpha value is -4.92. The zero-order valence-corrected chi connectivity index (χ0v) is 27.3. The van der Waals surface area contributed by atoms with Crippen LogP contribution in [0.4, 0.5) is 16.3 Å². The Balaban J connectivity index is 1.15. The van der Waals surface area contributed by atoms with Crippen LogP contribution in [-0.2, 0) is 29.0 Å². The first-order valence-corrected chi connectivity index (χ1v) is 16.7. The summed E-state index contributed by atoms with van der Waals surface area (Å²) in [5, 5.41) is 2.42. The van der Waals surface area contributed by atoms with E-state index < -0.39 is 6.09 Å². The highest BCUT2D eigenvalue weighted by Gasteiger charge is 2.36. The Morgan fingerprint density at radius 1 is 0.958 bits per heavy atom. The van der Waals surface area contributed by atoms with Gasteiger partial charge in [0.1, 0.15) is 25.1 Å². The van der Waals surface area contributed by atoms with Gasteiger partial charge in [0.25, 0.3) is 0 Å². The molecule has 2 atom stereocenters. The molecule has 248 valence electrons. The lowest BCUT2D eigenvalue weighted by atomic mass is 10.0. The smallest absolute Gasteiger partial charge is 0.410 e. The summed E-state index contributed by atoms with van der Waals surface area (Å²) >= 11 is 0. The molecule has 11 heteroatoms. The van der Waals surface area contributed by atoms with E-state index >= 15 is 0 Å². The average Bonchev–Trinajstić information content (AvgIpc) is 3.13. The zero-order chi connectivity index (χ0) is 32.9. The van der Waals surface area contributed by atoms with Gasteiger partial charge in [-0.25, -0.2) is 11.4 Å². The van der Waals surface area contributed by atoms with E-state index in [4.69, 9.17) is 30.8 Å². The van der Waals surface area contributed by atoms with Crippen LogP contribution in [0.2, 0.25) is 0 Å². The van der Waals surface area contributed by atoms with E-state index in [1.54, 1.807) is 4.90 Å². The van der Waals surface area contributed by atoms with Crippen LogP contribution in [-0.4, -0.2) is 104 Å². The van der Waals surface area contributed by atoms with Crippen molar-refractivity contribution in [3.8, 4) is 6.01 Å². The molecule has 1 aromatic heterocycles. The normalized spacial score (nSPS) is 19.9. The van der Waals surface area contributed by atoms with Gasteiger partial charge in [-0.15, -0.1) is 0 Å². The van der Waals surface area contributed by atoms with Crippen LogP contribution < -0.4 is 14.5 Å². The number of amides is 1. The molecule has 3 aliphatic rings. The minimum Gasteiger partial charge on any atom is -0.462 e. The number of anilines is 2. The maximum atomic E-state index is 13.2. The summed E-state index contributed by atoms with van der Waals surface area (Å²) in [5.74, 6) is 0.827. The molecule has 0 spiro atoms. The number of ether oxygens (including phenoxy) is 3. The molecule has 4 aromatic rings. The number of aromatic nitrogens is 2. The van der Waals surface area contributed by atoms with Crippen molar-refractivity contribution in [3.05, 3.63) is 101 Å². The quantitative estimate of drug-likeness (QED) is 0.254. The molecular formula is C37H41N7O4. The van der Waals surface area contributed by atoms with Crippen molar-refractivity contribution in [2.24, 2.45) is 0 Å². The van der Waals surface area contributed by atoms with Gasteiger partial charge in [-0.1, -0.05) is 66.7 Å². The molecule has 11 nitrogen and oxygen atoms in total. The molecule has 3 aromatic carbocycles. The molecular weight excluding hydrogens is 606 g/mol. The molecule has 2 saturated heterocycles. The summed E-state index contributed by atoms with van der Waals surface area (Å²) in [5.41, 5.74) is 4.14. The molecule has 0 bridgehead atoms. The third-order valence-electron chi connectivity index (χ3n) is 9.58. The first-order chi connectivity index (χ1) is 23.6. The first-order valence-electron chi connectivity index (χ1n) is 16.7. The summed E-state index contributed by atoms with van der Waals surface area (Å²) in [7, 11) is 2.08. The van der Waals surface area contributed by atoms with Crippen LogP contribution in [0.25, 0.3) is 15.6 Å². The summed E-state index contributed by atoms with van der Waals surface area (Å²) in [6, 6.07) is 24.7. The minimum atomic E-state index is -0.398. The van der Waals surface area contributed by atoms with Crippen molar-refractivity contribution in [2.45, 2.75) is 31.7 Å².